The molecule has 1 N–H and O–H groups in total. The maximum atomic E-state index is 13.6. The lowest BCUT2D eigenvalue weighted by Crippen LogP contribution is -2.39. The molecule has 0 spiro atoms. The van der Waals surface area contributed by atoms with Gasteiger partial charge in [0, 0.05) is 37.7 Å². The molecule has 4 rings (SSSR count). The van der Waals surface area contributed by atoms with Gasteiger partial charge in [-0.1, -0.05) is 19.1 Å². The van der Waals surface area contributed by atoms with Crippen molar-refractivity contribution in [1.29, 1.82) is 0 Å². The normalized spacial score (nSPS) is 16.5. The predicted molar refractivity (Wildman–Crippen MR) is 136 cm³/mol. The molecule has 7 nitrogen and oxygen atoms in total. The number of carbonyl (C=O) groups excluding carboxylic acids is 1. The van der Waals surface area contributed by atoms with Crippen molar-refractivity contribution in [2.75, 3.05) is 24.2 Å². The molecule has 10 heteroatoms. The molecule has 0 saturated carbocycles. The number of fused-ring (bicyclic) bond motifs is 1. The van der Waals surface area contributed by atoms with Crippen molar-refractivity contribution < 1.29 is 22.0 Å². The van der Waals surface area contributed by atoms with Gasteiger partial charge in [0.15, 0.2) is 9.84 Å². The van der Waals surface area contributed by atoms with Crippen LogP contribution in [0.15, 0.2) is 47.4 Å². The van der Waals surface area contributed by atoms with E-state index in [2.05, 4.69) is 9.88 Å². The third-order valence-corrected chi connectivity index (χ3v) is 8.29. The van der Waals surface area contributed by atoms with Gasteiger partial charge in [-0.25, -0.2) is 22.2 Å². The van der Waals surface area contributed by atoms with Gasteiger partial charge in [0.25, 0.3) is 5.92 Å². The smallest absolute Gasteiger partial charge is 0.250 e. The van der Waals surface area contributed by atoms with Crippen LogP contribution in [0.5, 0.6) is 0 Å². The van der Waals surface area contributed by atoms with Gasteiger partial charge in [-0.2, -0.15) is 0 Å². The van der Waals surface area contributed by atoms with Crippen LogP contribution in [0.25, 0.3) is 11.0 Å². The van der Waals surface area contributed by atoms with E-state index >= 15 is 0 Å². The van der Waals surface area contributed by atoms with Gasteiger partial charge in [-0.05, 0) is 49.7 Å². The average molecular weight is 519 g/mol. The Bertz CT molecular complexity index is 1340. The highest BCUT2D eigenvalue weighted by Gasteiger charge is 2.34. The Morgan fingerprint density at radius 1 is 1.11 bits per heavy atom. The third kappa shape index (κ3) is 5.92. The summed E-state index contributed by atoms with van der Waals surface area (Å²) in [6.07, 6.45) is -0.163. The van der Waals surface area contributed by atoms with Crippen molar-refractivity contribution in [3.8, 4) is 0 Å². The highest BCUT2D eigenvalue weighted by atomic mass is 32.2. The van der Waals surface area contributed by atoms with Crippen LogP contribution in [0.2, 0.25) is 0 Å². The fourth-order valence-corrected chi connectivity index (χ4v) is 5.40. The minimum Gasteiger partial charge on any atom is -0.326 e. The summed E-state index contributed by atoms with van der Waals surface area (Å²) in [4.78, 5) is 19.7. The zero-order valence-electron chi connectivity index (χ0n) is 20.8. The van der Waals surface area contributed by atoms with Crippen LogP contribution in [-0.4, -0.2) is 53.5 Å². The Hall–Kier alpha value is -2.85. The van der Waals surface area contributed by atoms with Crippen LogP contribution in [0.3, 0.4) is 0 Å². The zero-order valence-corrected chi connectivity index (χ0v) is 21.6. The average Bonchev–Trinajstić information content (AvgIpc) is 3.18. The number of benzene rings is 2. The van der Waals surface area contributed by atoms with E-state index in [-0.39, 0.29) is 41.9 Å². The molecule has 2 aromatic carbocycles. The molecule has 1 aliphatic heterocycles. The first-order valence-corrected chi connectivity index (χ1v) is 13.9. The molecular weight excluding hydrogens is 486 g/mol. The zero-order chi connectivity index (χ0) is 26.1. The third-order valence-electron chi connectivity index (χ3n) is 6.54. The summed E-state index contributed by atoms with van der Waals surface area (Å²) in [7, 11) is -3.28. The summed E-state index contributed by atoms with van der Waals surface area (Å²) in [6.45, 7) is 6.85. The van der Waals surface area contributed by atoms with Crippen LogP contribution in [0.4, 0.5) is 14.5 Å². The van der Waals surface area contributed by atoms with Gasteiger partial charge in [0.1, 0.15) is 5.82 Å². The number of amides is 1. The Morgan fingerprint density at radius 2 is 1.78 bits per heavy atom. The predicted octanol–water partition coefficient (Wildman–Crippen LogP) is 4.82. The molecule has 0 bridgehead atoms. The molecule has 1 fully saturated rings. The van der Waals surface area contributed by atoms with Crippen LogP contribution in [0.1, 0.15) is 51.0 Å². The summed E-state index contributed by atoms with van der Waals surface area (Å²) in [5.41, 5.74) is 3.00. The number of sulfone groups is 1. The number of likely N-dealkylation sites (tertiary alicyclic amines) is 1. The topological polar surface area (TPSA) is 84.3 Å². The number of aromatic nitrogens is 2. The largest absolute Gasteiger partial charge is 0.326 e. The van der Waals surface area contributed by atoms with E-state index in [1.165, 1.54) is 12.1 Å². The molecule has 36 heavy (non-hydrogen) atoms. The van der Waals surface area contributed by atoms with Gasteiger partial charge in [0.2, 0.25) is 5.91 Å². The second-order valence-electron chi connectivity index (χ2n) is 9.60. The minimum atomic E-state index is -3.28. The van der Waals surface area contributed by atoms with Crippen LogP contribution < -0.4 is 5.32 Å². The lowest BCUT2D eigenvalue weighted by atomic mass is 10.1. The number of halogens is 2. The molecule has 0 unspecified atom stereocenters. The van der Waals surface area contributed by atoms with Crippen molar-refractivity contribution in [1.82, 2.24) is 14.5 Å². The number of carbonyl (C=O) groups is 1. The summed E-state index contributed by atoms with van der Waals surface area (Å²) in [5.74, 6) is -1.96. The molecule has 0 atom stereocenters. The fourth-order valence-electron chi connectivity index (χ4n) is 4.52. The molecule has 1 aromatic heterocycles. The molecule has 2 heterocycles. The maximum Gasteiger partial charge on any atom is 0.250 e. The van der Waals surface area contributed by atoms with Gasteiger partial charge < -0.3 is 9.88 Å². The van der Waals surface area contributed by atoms with Crippen molar-refractivity contribution in [3.63, 3.8) is 0 Å². The number of alkyl halides is 2. The number of hydrogen-bond donors (Lipinski definition) is 1. The van der Waals surface area contributed by atoms with Crippen LogP contribution >= 0.6 is 0 Å². The molecule has 0 radical (unpaired) electrons. The number of rotatable bonds is 8. The van der Waals surface area contributed by atoms with Gasteiger partial charge in [-0.15, -0.1) is 0 Å². The first-order chi connectivity index (χ1) is 17.0. The number of nitrogens with zero attached hydrogens (tertiary/aromatic N) is 3. The Labute approximate surface area is 210 Å². The summed E-state index contributed by atoms with van der Waals surface area (Å²) >= 11 is 0. The van der Waals surface area contributed by atoms with Crippen molar-refractivity contribution in [2.45, 2.75) is 63.4 Å². The summed E-state index contributed by atoms with van der Waals surface area (Å²) < 4.78 is 53.1. The molecule has 3 aromatic rings. The standard InChI is InChI=1S/C26H32F2N4O3S/c1-4-36(34,35)21-8-5-19(6-9-21)15-25(33)29-20-7-10-22-23(16-20)32(18(2)3)24(30-22)17-31-13-11-26(27,28)12-14-31/h5-10,16,18H,4,11-15,17H2,1-3H3,(H,29,33). The van der Waals surface area contributed by atoms with Gasteiger partial charge in [0.05, 0.1) is 34.6 Å². The monoisotopic (exact) mass is 518 g/mol. The van der Waals surface area contributed by atoms with Crippen LogP contribution in [-0.2, 0) is 27.6 Å². The quantitative estimate of drug-likeness (QED) is 0.462. The molecule has 1 aliphatic rings. The fraction of sp³-hybridized carbons (Fsp3) is 0.462. The molecule has 0 aliphatic carbocycles. The number of hydrogen-bond acceptors (Lipinski definition) is 5. The van der Waals surface area contributed by atoms with E-state index in [0.29, 0.717) is 30.9 Å². The second-order valence-corrected chi connectivity index (χ2v) is 11.9. The molecular formula is C26H32F2N4O3S. The first-order valence-electron chi connectivity index (χ1n) is 12.2. The lowest BCUT2D eigenvalue weighted by Gasteiger charge is -2.31. The lowest BCUT2D eigenvalue weighted by molar-refractivity contribution is -0.115. The van der Waals surface area contributed by atoms with Crippen molar-refractivity contribution in [2.24, 2.45) is 0 Å². The van der Waals surface area contributed by atoms with E-state index in [9.17, 15) is 22.0 Å². The maximum absolute atomic E-state index is 13.6. The summed E-state index contributed by atoms with van der Waals surface area (Å²) in [6, 6.07) is 12.0. The van der Waals surface area contributed by atoms with Crippen LogP contribution in [0, 0.1) is 0 Å². The van der Waals surface area contributed by atoms with E-state index in [1.54, 1.807) is 25.1 Å². The Morgan fingerprint density at radius 3 is 2.39 bits per heavy atom. The van der Waals surface area contributed by atoms with Gasteiger partial charge >= 0.3 is 0 Å². The van der Waals surface area contributed by atoms with E-state index < -0.39 is 15.8 Å². The Balaban J connectivity index is 1.48. The number of nitrogens with one attached hydrogen (secondary N) is 1. The Kier molecular flexibility index (Phi) is 7.47. The van der Waals surface area contributed by atoms with E-state index in [0.717, 1.165) is 16.9 Å². The highest BCUT2D eigenvalue weighted by Crippen LogP contribution is 2.30. The second kappa shape index (κ2) is 10.3. The molecule has 1 saturated heterocycles. The highest BCUT2D eigenvalue weighted by molar-refractivity contribution is 7.91. The minimum absolute atomic E-state index is 0.0257. The molecule has 1 amide bonds. The van der Waals surface area contributed by atoms with Crippen molar-refractivity contribution >= 4 is 32.5 Å². The number of anilines is 1. The number of imidazole rings is 1. The first kappa shape index (κ1) is 26.2. The van der Waals surface area contributed by atoms with E-state index in [4.69, 9.17) is 4.98 Å². The van der Waals surface area contributed by atoms with Crippen molar-refractivity contribution in [3.05, 3.63) is 53.9 Å². The SMILES string of the molecule is CCS(=O)(=O)c1ccc(CC(=O)Nc2ccc3nc(CN4CCC(F)(F)CC4)n(C(C)C)c3c2)cc1. The summed E-state index contributed by atoms with van der Waals surface area (Å²) in [5, 5.41) is 2.91. The van der Waals surface area contributed by atoms with E-state index in [1.807, 2.05) is 30.9 Å². The molecule has 194 valence electrons. The van der Waals surface area contributed by atoms with Gasteiger partial charge in [-0.3, -0.25) is 9.69 Å². The number of piperidine rings is 1.